The van der Waals surface area contributed by atoms with Gasteiger partial charge in [-0.3, -0.25) is 4.79 Å². The number of halogens is 2. The van der Waals surface area contributed by atoms with Gasteiger partial charge in [-0.15, -0.1) is 0 Å². The Labute approximate surface area is 137 Å². The number of ether oxygens (including phenoxy) is 1. The van der Waals surface area contributed by atoms with Gasteiger partial charge < -0.3 is 15.5 Å². The molecule has 0 aliphatic carbocycles. The van der Waals surface area contributed by atoms with Gasteiger partial charge in [-0.05, 0) is 50.1 Å². The van der Waals surface area contributed by atoms with E-state index in [1.807, 2.05) is 18.2 Å². The summed E-state index contributed by atoms with van der Waals surface area (Å²) in [6.07, 6.45) is 1.56. The third-order valence-corrected chi connectivity index (χ3v) is 4.18. The molecule has 3 aromatic rings. The second kappa shape index (κ2) is 5.54. The summed E-state index contributed by atoms with van der Waals surface area (Å²) < 4.78 is 7.40. The predicted octanol–water partition coefficient (Wildman–Crippen LogP) is 4.43. The first-order chi connectivity index (χ1) is 10.1. The van der Waals surface area contributed by atoms with Crippen molar-refractivity contribution in [2.24, 2.45) is 0 Å². The van der Waals surface area contributed by atoms with Crippen molar-refractivity contribution in [1.82, 2.24) is 4.98 Å². The maximum atomic E-state index is 11.8. The molecule has 0 fully saturated rings. The van der Waals surface area contributed by atoms with E-state index in [9.17, 15) is 4.79 Å². The Morgan fingerprint density at radius 1 is 1.05 bits per heavy atom. The highest BCUT2D eigenvalue weighted by molar-refractivity contribution is 9.11. The van der Waals surface area contributed by atoms with Crippen molar-refractivity contribution in [3.63, 3.8) is 0 Å². The molecule has 4 nitrogen and oxygen atoms in total. The van der Waals surface area contributed by atoms with E-state index in [-0.39, 0.29) is 5.56 Å². The highest BCUT2D eigenvalue weighted by Gasteiger charge is 2.12. The van der Waals surface area contributed by atoms with E-state index < -0.39 is 0 Å². The molecule has 1 heterocycles. The fraction of sp³-hybridized carbons (Fsp3) is 0. The number of anilines is 1. The molecule has 0 aliphatic rings. The molecule has 0 bridgehead atoms. The zero-order valence-corrected chi connectivity index (χ0v) is 13.9. The van der Waals surface area contributed by atoms with E-state index in [2.05, 4.69) is 36.8 Å². The Morgan fingerprint density at radius 2 is 1.67 bits per heavy atom. The molecule has 0 radical (unpaired) electrons. The van der Waals surface area contributed by atoms with E-state index in [1.165, 1.54) is 0 Å². The Bertz CT molecular complexity index is 867. The molecular weight excluding hydrogens is 400 g/mol. The van der Waals surface area contributed by atoms with E-state index in [0.29, 0.717) is 22.6 Å². The summed E-state index contributed by atoms with van der Waals surface area (Å²) in [5.41, 5.74) is 6.24. The Morgan fingerprint density at radius 3 is 2.33 bits per heavy atom. The number of nitrogen functional groups attached to an aromatic ring is 1. The summed E-state index contributed by atoms with van der Waals surface area (Å²) in [5.74, 6) is 1.16. The molecule has 0 atom stereocenters. The van der Waals surface area contributed by atoms with Crippen molar-refractivity contribution in [1.29, 1.82) is 0 Å². The van der Waals surface area contributed by atoms with Crippen LogP contribution in [0.25, 0.3) is 10.8 Å². The smallest absolute Gasteiger partial charge is 0.256 e. The summed E-state index contributed by atoms with van der Waals surface area (Å²) in [6, 6.07) is 10.8. The van der Waals surface area contributed by atoms with Crippen LogP contribution in [0.4, 0.5) is 5.69 Å². The predicted molar refractivity (Wildman–Crippen MR) is 90.9 cm³/mol. The van der Waals surface area contributed by atoms with E-state index in [4.69, 9.17) is 10.5 Å². The van der Waals surface area contributed by atoms with Gasteiger partial charge in [-0.1, -0.05) is 18.2 Å². The minimum atomic E-state index is -0.145. The van der Waals surface area contributed by atoms with Gasteiger partial charge in [0, 0.05) is 17.3 Å². The van der Waals surface area contributed by atoms with Gasteiger partial charge in [0.15, 0.2) is 11.5 Å². The standard InChI is InChI=1S/C15H10Br2N2O2/c16-11-5-8(18)6-12(17)14(11)21-13-7-19-15(20)10-4-2-1-3-9(10)13/h1-7H,18H2,(H,19,20). The molecule has 106 valence electrons. The lowest BCUT2D eigenvalue weighted by molar-refractivity contribution is 0.480. The molecule has 2 aromatic carbocycles. The van der Waals surface area contributed by atoms with Crippen LogP contribution >= 0.6 is 31.9 Å². The van der Waals surface area contributed by atoms with E-state index in [0.717, 1.165) is 14.3 Å². The van der Waals surface area contributed by atoms with Crippen LogP contribution in [0, 0.1) is 0 Å². The number of pyridine rings is 1. The third-order valence-electron chi connectivity index (χ3n) is 3.00. The van der Waals surface area contributed by atoms with Crippen molar-refractivity contribution in [3.8, 4) is 11.5 Å². The molecule has 21 heavy (non-hydrogen) atoms. The number of hydrogen-bond acceptors (Lipinski definition) is 3. The SMILES string of the molecule is Nc1cc(Br)c(Oc2c[nH]c(=O)c3ccccc23)c(Br)c1. The fourth-order valence-corrected chi connectivity index (χ4v) is 3.44. The lowest BCUT2D eigenvalue weighted by Gasteiger charge is -2.12. The number of nitrogens with two attached hydrogens (primary N) is 1. The largest absolute Gasteiger partial charge is 0.453 e. The maximum absolute atomic E-state index is 11.8. The maximum Gasteiger partial charge on any atom is 0.256 e. The van der Waals surface area contributed by atoms with E-state index in [1.54, 1.807) is 24.4 Å². The zero-order valence-electron chi connectivity index (χ0n) is 10.7. The Kier molecular flexibility index (Phi) is 3.73. The fourth-order valence-electron chi connectivity index (χ4n) is 2.05. The quantitative estimate of drug-likeness (QED) is 0.615. The topological polar surface area (TPSA) is 68.1 Å². The van der Waals surface area contributed by atoms with Crippen molar-refractivity contribution in [2.45, 2.75) is 0 Å². The third kappa shape index (κ3) is 2.69. The molecule has 6 heteroatoms. The Hall–Kier alpha value is -1.79. The van der Waals surface area contributed by atoms with Crippen molar-refractivity contribution in [2.75, 3.05) is 5.73 Å². The summed E-state index contributed by atoms with van der Waals surface area (Å²) in [6.45, 7) is 0. The van der Waals surface area contributed by atoms with Crippen molar-refractivity contribution < 1.29 is 4.74 Å². The monoisotopic (exact) mass is 408 g/mol. The van der Waals surface area contributed by atoms with Gasteiger partial charge in [0.05, 0.1) is 14.3 Å². The van der Waals surface area contributed by atoms with Crippen LogP contribution in [0.2, 0.25) is 0 Å². The lowest BCUT2D eigenvalue weighted by atomic mass is 10.1. The van der Waals surface area contributed by atoms with Crippen molar-refractivity contribution in [3.05, 3.63) is 61.9 Å². The molecule has 0 saturated carbocycles. The molecule has 0 unspecified atom stereocenters. The van der Waals surface area contributed by atoms with Gasteiger partial charge >= 0.3 is 0 Å². The summed E-state index contributed by atoms with van der Waals surface area (Å²) in [5, 5.41) is 1.33. The highest BCUT2D eigenvalue weighted by Crippen LogP contribution is 2.39. The first-order valence-corrected chi connectivity index (χ1v) is 7.67. The van der Waals surface area contributed by atoms with Crippen LogP contribution in [0.5, 0.6) is 11.5 Å². The van der Waals surface area contributed by atoms with Gasteiger partial charge in [0.25, 0.3) is 5.56 Å². The number of rotatable bonds is 2. The number of aromatic nitrogens is 1. The number of fused-ring (bicyclic) bond motifs is 1. The average molecular weight is 410 g/mol. The number of hydrogen-bond donors (Lipinski definition) is 2. The van der Waals surface area contributed by atoms with Gasteiger partial charge in [0.2, 0.25) is 0 Å². The number of aromatic amines is 1. The van der Waals surface area contributed by atoms with Crippen LogP contribution in [-0.4, -0.2) is 4.98 Å². The number of H-pyrrole nitrogens is 1. The summed E-state index contributed by atoms with van der Waals surface area (Å²) in [4.78, 5) is 14.5. The minimum absolute atomic E-state index is 0.145. The van der Waals surface area contributed by atoms with Gasteiger partial charge in [-0.2, -0.15) is 0 Å². The van der Waals surface area contributed by atoms with Crippen LogP contribution in [-0.2, 0) is 0 Å². The summed E-state index contributed by atoms with van der Waals surface area (Å²) in [7, 11) is 0. The molecule has 0 saturated heterocycles. The second-order valence-electron chi connectivity index (χ2n) is 4.44. The average Bonchev–Trinajstić information content (AvgIpc) is 2.45. The molecule has 0 aliphatic heterocycles. The zero-order chi connectivity index (χ0) is 15.0. The summed E-state index contributed by atoms with van der Waals surface area (Å²) >= 11 is 6.85. The molecular formula is C15H10Br2N2O2. The molecule has 0 amide bonds. The van der Waals surface area contributed by atoms with Crippen LogP contribution in [0.1, 0.15) is 0 Å². The Balaban J connectivity index is 2.16. The first-order valence-electron chi connectivity index (χ1n) is 6.09. The van der Waals surface area contributed by atoms with Gasteiger partial charge in [0.1, 0.15) is 0 Å². The number of benzene rings is 2. The van der Waals surface area contributed by atoms with Gasteiger partial charge in [-0.25, -0.2) is 0 Å². The molecule has 1 aromatic heterocycles. The van der Waals surface area contributed by atoms with Crippen LogP contribution in [0.3, 0.4) is 0 Å². The van der Waals surface area contributed by atoms with Crippen LogP contribution < -0.4 is 16.0 Å². The molecule has 3 N–H and O–H groups in total. The number of nitrogens with one attached hydrogen (secondary N) is 1. The highest BCUT2D eigenvalue weighted by atomic mass is 79.9. The van der Waals surface area contributed by atoms with Crippen LogP contribution in [0.15, 0.2) is 56.3 Å². The molecule has 0 spiro atoms. The minimum Gasteiger partial charge on any atom is -0.453 e. The van der Waals surface area contributed by atoms with Crippen molar-refractivity contribution >= 4 is 48.3 Å². The first kappa shape index (κ1) is 14.2. The lowest BCUT2D eigenvalue weighted by Crippen LogP contribution is -2.05. The van der Waals surface area contributed by atoms with E-state index >= 15 is 0 Å². The second-order valence-corrected chi connectivity index (χ2v) is 6.15. The normalized spacial score (nSPS) is 10.8. The molecule has 3 rings (SSSR count).